The largest absolute Gasteiger partial charge is 0.334 e. The fourth-order valence-corrected chi connectivity index (χ4v) is 3.69. The van der Waals surface area contributed by atoms with Crippen LogP contribution in [0.15, 0.2) is 54.9 Å². The molecule has 1 fully saturated rings. The SMILES string of the molecule is CCCN(C(=O)c1ccc(-n2cnc3ccccc32)cc1)C1CCNC1. The van der Waals surface area contributed by atoms with Gasteiger partial charge in [0.1, 0.15) is 6.33 Å². The first kappa shape index (κ1) is 16.8. The number of nitrogens with one attached hydrogen (secondary N) is 1. The van der Waals surface area contributed by atoms with Crippen LogP contribution >= 0.6 is 0 Å². The number of amides is 1. The lowest BCUT2D eigenvalue weighted by atomic mass is 10.1. The highest BCUT2D eigenvalue weighted by molar-refractivity contribution is 5.94. The number of fused-ring (bicyclic) bond motifs is 1. The number of carbonyl (C=O) groups excluding carboxylic acids is 1. The lowest BCUT2D eigenvalue weighted by Gasteiger charge is -2.28. The Kier molecular flexibility index (Phi) is 4.71. The Hall–Kier alpha value is -2.66. The Balaban J connectivity index is 1.59. The Bertz CT molecular complexity index is 894. The van der Waals surface area contributed by atoms with Gasteiger partial charge in [-0.2, -0.15) is 0 Å². The van der Waals surface area contributed by atoms with E-state index in [4.69, 9.17) is 0 Å². The maximum absolute atomic E-state index is 13.0. The molecule has 2 aromatic carbocycles. The number of para-hydroxylation sites is 2. The summed E-state index contributed by atoms with van der Waals surface area (Å²) in [6, 6.07) is 16.2. The van der Waals surface area contributed by atoms with Crippen molar-refractivity contribution in [3.63, 3.8) is 0 Å². The molecule has 0 saturated carbocycles. The predicted molar refractivity (Wildman–Crippen MR) is 104 cm³/mol. The molecule has 2 heterocycles. The summed E-state index contributed by atoms with van der Waals surface area (Å²) < 4.78 is 2.05. The molecule has 1 aliphatic rings. The highest BCUT2D eigenvalue weighted by Crippen LogP contribution is 2.20. The fraction of sp³-hybridized carbons (Fsp3) is 0.333. The highest BCUT2D eigenvalue weighted by atomic mass is 16.2. The first-order chi connectivity index (χ1) is 12.8. The zero-order valence-corrected chi connectivity index (χ0v) is 15.1. The van der Waals surface area contributed by atoms with Gasteiger partial charge in [0.15, 0.2) is 0 Å². The molecule has 4 rings (SSSR count). The minimum atomic E-state index is 0.127. The van der Waals surface area contributed by atoms with E-state index in [-0.39, 0.29) is 5.91 Å². The molecule has 1 unspecified atom stereocenters. The van der Waals surface area contributed by atoms with E-state index >= 15 is 0 Å². The van der Waals surface area contributed by atoms with Gasteiger partial charge in [0.05, 0.1) is 11.0 Å². The molecular weight excluding hydrogens is 324 g/mol. The summed E-state index contributed by atoms with van der Waals surface area (Å²) in [4.78, 5) is 19.5. The fourth-order valence-electron chi connectivity index (χ4n) is 3.69. The predicted octanol–water partition coefficient (Wildman–Crippen LogP) is 3.24. The molecule has 1 atom stereocenters. The molecule has 0 radical (unpaired) electrons. The van der Waals surface area contributed by atoms with Gasteiger partial charge in [-0.1, -0.05) is 19.1 Å². The lowest BCUT2D eigenvalue weighted by Crippen LogP contribution is -2.42. The van der Waals surface area contributed by atoms with Crippen molar-refractivity contribution in [3.05, 3.63) is 60.4 Å². The van der Waals surface area contributed by atoms with Gasteiger partial charge in [-0.25, -0.2) is 4.98 Å². The van der Waals surface area contributed by atoms with Crippen molar-refractivity contribution < 1.29 is 4.79 Å². The molecule has 3 aromatic rings. The average molecular weight is 348 g/mol. The van der Waals surface area contributed by atoms with E-state index < -0.39 is 0 Å². The molecule has 1 aliphatic heterocycles. The van der Waals surface area contributed by atoms with E-state index in [1.807, 2.05) is 58.3 Å². The smallest absolute Gasteiger partial charge is 0.254 e. The van der Waals surface area contributed by atoms with Crippen molar-refractivity contribution in [2.75, 3.05) is 19.6 Å². The number of benzene rings is 2. The molecule has 0 aliphatic carbocycles. The van der Waals surface area contributed by atoms with E-state index in [9.17, 15) is 4.79 Å². The van der Waals surface area contributed by atoms with Crippen molar-refractivity contribution in [1.29, 1.82) is 0 Å². The quantitative estimate of drug-likeness (QED) is 0.770. The van der Waals surface area contributed by atoms with Crippen LogP contribution in [0.5, 0.6) is 0 Å². The highest BCUT2D eigenvalue weighted by Gasteiger charge is 2.26. The van der Waals surface area contributed by atoms with Gasteiger partial charge in [-0.05, 0) is 55.8 Å². The van der Waals surface area contributed by atoms with Crippen LogP contribution in [0.3, 0.4) is 0 Å². The van der Waals surface area contributed by atoms with Crippen LogP contribution < -0.4 is 5.32 Å². The average Bonchev–Trinajstić information content (AvgIpc) is 3.35. The van der Waals surface area contributed by atoms with E-state index in [2.05, 4.69) is 23.3 Å². The Morgan fingerprint density at radius 1 is 1.23 bits per heavy atom. The number of hydrogen-bond acceptors (Lipinski definition) is 3. The zero-order valence-electron chi connectivity index (χ0n) is 15.1. The van der Waals surface area contributed by atoms with Gasteiger partial charge in [0.25, 0.3) is 5.91 Å². The van der Waals surface area contributed by atoms with Crippen molar-refractivity contribution in [2.45, 2.75) is 25.8 Å². The van der Waals surface area contributed by atoms with Crippen molar-refractivity contribution >= 4 is 16.9 Å². The minimum Gasteiger partial charge on any atom is -0.334 e. The second-order valence-electron chi connectivity index (χ2n) is 6.80. The standard InChI is InChI=1S/C21H24N4O/c1-2-13-24(18-11-12-22-14-18)21(26)16-7-9-17(10-8-16)25-15-23-19-5-3-4-6-20(19)25/h3-10,15,18,22H,2,11-14H2,1H3. The number of aromatic nitrogens is 2. The van der Waals surface area contributed by atoms with Crippen LogP contribution in [-0.4, -0.2) is 46.0 Å². The second kappa shape index (κ2) is 7.30. The van der Waals surface area contributed by atoms with E-state index in [0.29, 0.717) is 6.04 Å². The Labute approximate surface area is 153 Å². The van der Waals surface area contributed by atoms with Crippen molar-refractivity contribution in [1.82, 2.24) is 19.8 Å². The molecule has 5 nitrogen and oxygen atoms in total. The molecule has 26 heavy (non-hydrogen) atoms. The van der Waals surface area contributed by atoms with Gasteiger partial charge in [0, 0.05) is 30.4 Å². The summed E-state index contributed by atoms with van der Waals surface area (Å²) >= 11 is 0. The number of rotatable bonds is 5. The number of nitrogens with zero attached hydrogens (tertiary/aromatic N) is 3. The van der Waals surface area contributed by atoms with Crippen LogP contribution in [0, 0.1) is 0 Å². The first-order valence-corrected chi connectivity index (χ1v) is 9.32. The maximum atomic E-state index is 13.0. The van der Waals surface area contributed by atoms with E-state index in [1.54, 1.807) is 0 Å². The number of carbonyl (C=O) groups is 1. The zero-order chi connectivity index (χ0) is 17.9. The third-order valence-electron chi connectivity index (χ3n) is 5.05. The minimum absolute atomic E-state index is 0.127. The third kappa shape index (κ3) is 3.10. The molecule has 134 valence electrons. The molecule has 1 amide bonds. The number of imidazole rings is 1. The summed E-state index contributed by atoms with van der Waals surface area (Å²) in [7, 11) is 0. The van der Waals surface area contributed by atoms with Gasteiger partial charge >= 0.3 is 0 Å². The number of hydrogen-bond donors (Lipinski definition) is 1. The topological polar surface area (TPSA) is 50.2 Å². The summed E-state index contributed by atoms with van der Waals surface area (Å²) in [5.74, 6) is 0.127. The third-order valence-corrected chi connectivity index (χ3v) is 5.05. The van der Waals surface area contributed by atoms with E-state index in [1.165, 1.54) is 0 Å². The molecule has 0 spiro atoms. The summed E-state index contributed by atoms with van der Waals surface area (Å²) in [5, 5.41) is 3.36. The normalized spacial score (nSPS) is 16.9. The Morgan fingerprint density at radius 2 is 2.04 bits per heavy atom. The first-order valence-electron chi connectivity index (χ1n) is 9.32. The molecule has 1 aromatic heterocycles. The van der Waals surface area contributed by atoms with Crippen LogP contribution in [0.1, 0.15) is 30.1 Å². The van der Waals surface area contributed by atoms with Crippen LogP contribution in [0.2, 0.25) is 0 Å². The molecule has 0 bridgehead atoms. The van der Waals surface area contributed by atoms with Gasteiger partial charge < -0.3 is 10.2 Å². The monoisotopic (exact) mass is 348 g/mol. The molecule has 1 saturated heterocycles. The van der Waals surface area contributed by atoms with Crippen molar-refractivity contribution in [2.24, 2.45) is 0 Å². The second-order valence-corrected chi connectivity index (χ2v) is 6.80. The Morgan fingerprint density at radius 3 is 2.77 bits per heavy atom. The van der Waals surface area contributed by atoms with E-state index in [0.717, 1.165) is 54.8 Å². The lowest BCUT2D eigenvalue weighted by molar-refractivity contribution is 0.0692. The molecular formula is C21H24N4O. The van der Waals surface area contributed by atoms with Gasteiger partial charge in [0.2, 0.25) is 0 Å². The maximum Gasteiger partial charge on any atom is 0.254 e. The molecule has 5 heteroatoms. The molecule has 1 N–H and O–H groups in total. The van der Waals surface area contributed by atoms with Gasteiger partial charge in [-0.15, -0.1) is 0 Å². The van der Waals surface area contributed by atoms with Crippen LogP contribution in [0.25, 0.3) is 16.7 Å². The van der Waals surface area contributed by atoms with Crippen LogP contribution in [0.4, 0.5) is 0 Å². The van der Waals surface area contributed by atoms with Crippen molar-refractivity contribution in [3.8, 4) is 5.69 Å². The van der Waals surface area contributed by atoms with Gasteiger partial charge in [-0.3, -0.25) is 9.36 Å². The summed E-state index contributed by atoms with van der Waals surface area (Å²) in [6.07, 6.45) is 3.83. The van der Waals surface area contributed by atoms with Crippen LogP contribution in [-0.2, 0) is 0 Å². The summed E-state index contributed by atoms with van der Waals surface area (Å²) in [5.41, 5.74) is 3.80. The summed E-state index contributed by atoms with van der Waals surface area (Å²) in [6.45, 7) is 4.81.